The van der Waals surface area contributed by atoms with Crippen molar-refractivity contribution in [3.63, 3.8) is 0 Å². The Hall–Kier alpha value is -0.860. The Labute approximate surface area is 58.2 Å². The van der Waals surface area contributed by atoms with E-state index >= 15 is 0 Å². The minimum atomic E-state index is -5.46. The highest BCUT2D eigenvalue weighted by Crippen LogP contribution is 2.38. The molecule has 0 aliphatic heterocycles. The number of halogens is 6. The largest absolute Gasteiger partial charge is 0.380 e. The van der Waals surface area contributed by atoms with Crippen LogP contribution in [0.3, 0.4) is 0 Å². The standard InChI is InChI=1S/C5H2F6/c1-2-4(8,9)5(10,11)3(6)7/h1,3H. The van der Waals surface area contributed by atoms with Crippen molar-refractivity contribution in [3.8, 4) is 12.3 Å². The van der Waals surface area contributed by atoms with E-state index in [4.69, 9.17) is 0 Å². The molecule has 0 atom stereocenters. The summed E-state index contributed by atoms with van der Waals surface area (Å²) in [6.45, 7) is 0. The second kappa shape index (κ2) is 2.64. The van der Waals surface area contributed by atoms with Gasteiger partial charge in [0.25, 0.3) is 0 Å². The first kappa shape index (κ1) is 10.1. The maximum absolute atomic E-state index is 11.7. The van der Waals surface area contributed by atoms with Gasteiger partial charge in [-0.1, -0.05) is 0 Å². The van der Waals surface area contributed by atoms with E-state index in [9.17, 15) is 26.3 Å². The molecule has 0 rings (SSSR count). The van der Waals surface area contributed by atoms with Crippen LogP contribution in [0.2, 0.25) is 0 Å². The molecule has 0 saturated heterocycles. The quantitative estimate of drug-likeness (QED) is 0.446. The number of hydrogen-bond acceptors (Lipinski definition) is 0. The molecule has 0 aliphatic rings. The van der Waals surface area contributed by atoms with Crippen LogP contribution in [0.25, 0.3) is 0 Å². The predicted octanol–water partition coefficient (Wildman–Crippen LogP) is 2.16. The topological polar surface area (TPSA) is 0 Å². The van der Waals surface area contributed by atoms with Gasteiger partial charge < -0.3 is 0 Å². The normalized spacial score (nSPS) is 13.3. The lowest BCUT2D eigenvalue weighted by atomic mass is 10.2. The molecule has 0 radical (unpaired) electrons. The fraction of sp³-hybridized carbons (Fsp3) is 0.600. The summed E-state index contributed by atoms with van der Waals surface area (Å²) in [5, 5.41) is 0. The average molecular weight is 176 g/mol. The lowest BCUT2D eigenvalue weighted by Crippen LogP contribution is -2.45. The van der Waals surface area contributed by atoms with Crippen LogP contribution in [0.4, 0.5) is 26.3 Å². The molecule has 0 aromatic rings. The molecule has 0 heterocycles. The average Bonchev–Trinajstić information content (AvgIpc) is 1.87. The maximum Gasteiger partial charge on any atom is 0.380 e. The minimum absolute atomic E-state index is 0.300. The Balaban J connectivity index is 4.71. The van der Waals surface area contributed by atoms with Crippen molar-refractivity contribution >= 4 is 0 Å². The fourth-order valence-electron chi connectivity index (χ4n) is 0.233. The van der Waals surface area contributed by atoms with Crippen molar-refractivity contribution < 1.29 is 26.3 Å². The van der Waals surface area contributed by atoms with Crippen molar-refractivity contribution in [3.05, 3.63) is 0 Å². The molecule has 0 spiro atoms. The molecule has 0 aliphatic carbocycles. The second-order valence-corrected chi connectivity index (χ2v) is 1.64. The molecule has 0 fully saturated rings. The maximum atomic E-state index is 11.7. The second-order valence-electron chi connectivity index (χ2n) is 1.64. The molecule has 0 saturated carbocycles. The summed E-state index contributed by atoms with van der Waals surface area (Å²) in [4.78, 5) is 0. The van der Waals surface area contributed by atoms with Crippen LogP contribution < -0.4 is 0 Å². The summed E-state index contributed by atoms with van der Waals surface area (Å²) in [5.41, 5.74) is 0. The summed E-state index contributed by atoms with van der Waals surface area (Å²) < 4.78 is 69.1. The number of alkyl halides is 6. The van der Waals surface area contributed by atoms with Gasteiger partial charge in [-0.2, -0.15) is 17.6 Å². The molecule has 0 amide bonds. The predicted molar refractivity (Wildman–Crippen MR) is 24.7 cm³/mol. The van der Waals surface area contributed by atoms with Crippen LogP contribution in [0.15, 0.2) is 0 Å². The van der Waals surface area contributed by atoms with E-state index in [2.05, 4.69) is 6.42 Å². The van der Waals surface area contributed by atoms with Crippen molar-refractivity contribution in [2.75, 3.05) is 0 Å². The third-order valence-electron chi connectivity index (χ3n) is 0.874. The highest BCUT2D eigenvalue weighted by molar-refractivity contribution is 5.09. The van der Waals surface area contributed by atoms with E-state index in [0.717, 1.165) is 0 Å². The summed E-state index contributed by atoms with van der Waals surface area (Å²) in [5.74, 6) is -10.3. The first-order chi connectivity index (χ1) is 4.75. The number of rotatable bonds is 2. The van der Waals surface area contributed by atoms with Gasteiger partial charge in [0.15, 0.2) is 0 Å². The van der Waals surface area contributed by atoms with E-state index in [1.807, 2.05) is 0 Å². The minimum Gasteiger partial charge on any atom is -0.203 e. The van der Waals surface area contributed by atoms with E-state index < -0.39 is 18.3 Å². The molecular weight excluding hydrogens is 174 g/mol. The Morgan fingerprint density at radius 3 is 1.55 bits per heavy atom. The first-order valence-corrected chi connectivity index (χ1v) is 2.27. The fourth-order valence-corrected chi connectivity index (χ4v) is 0.233. The Morgan fingerprint density at radius 2 is 1.45 bits per heavy atom. The molecule has 0 N–H and O–H groups in total. The third-order valence-corrected chi connectivity index (χ3v) is 0.874. The molecule has 0 unspecified atom stereocenters. The Kier molecular flexibility index (Phi) is 2.44. The van der Waals surface area contributed by atoms with Crippen molar-refractivity contribution in [1.82, 2.24) is 0 Å². The van der Waals surface area contributed by atoms with Gasteiger partial charge in [-0.15, -0.1) is 6.42 Å². The lowest BCUT2D eigenvalue weighted by Gasteiger charge is -2.20. The summed E-state index contributed by atoms with van der Waals surface area (Å²) in [7, 11) is 0. The molecular formula is C5H2F6. The van der Waals surface area contributed by atoms with Gasteiger partial charge in [0, 0.05) is 0 Å². The van der Waals surface area contributed by atoms with Gasteiger partial charge in [0.05, 0.1) is 0 Å². The highest BCUT2D eigenvalue weighted by atomic mass is 19.3. The van der Waals surface area contributed by atoms with Crippen LogP contribution in [-0.4, -0.2) is 18.3 Å². The van der Waals surface area contributed by atoms with Gasteiger partial charge in [-0.25, -0.2) is 8.78 Å². The van der Waals surface area contributed by atoms with E-state index in [1.165, 1.54) is 0 Å². The van der Waals surface area contributed by atoms with Crippen molar-refractivity contribution in [2.24, 2.45) is 0 Å². The number of terminal acetylenes is 1. The molecule has 0 aromatic heterocycles. The summed E-state index contributed by atoms with van der Waals surface area (Å²) >= 11 is 0. The van der Waals surface area contributed by atoms with Crippen molar-refractivity contribution in [1.29, 1.82) is 0 Å². The smallest absolute Gasteiger partial charge is 0.203 e. The molecule has 64 valence electrons. The van der Waals surface area contributed by atoms with Crippen LogP contribution in [0, 0.1) is 12.3 Å². The van der Waals surface area contributed by atoms with Gasteiger partial charge in [-0.3, -0.25) is 0 Å². The van der Waals surface area contributed by atoms with Crippen LogP contribution >= 0.6 is 0 Å². The molecule has 0 bridgehead atoms. The third kappa shape index (κ3) is 1.59. The van der Waals surface area contributed by atoms with Crippen LogP contribution in [-0.2, 0) is 0 Å². The summed E-state index contributed by atoms with van der Waals surface area (Å²) in [6, 6.07) is 0. The Bertz CT molecular complexity index is 176. The molecule has 0 aromatic carbocycles. The zero-order valence-corrected chi connectivity index (χ0v) is 4.92. The van der Waals surface area contributed by atoms with E-state index in [-0.39, 0.29) is 0 Å². The van der Waals surface area contributed by atoms with Gasteiger partial charge in [0.1, 0.15) is 0 Å². The lowest BCUT2D eigenvalue weighted by molar-refractivity contribution is -0.237. The zero-order chi connectivity index (χ0) is 9.28. The number of hydrogen-bond donors (Lipinski definition) is 0. The van der Waals surface area contributed by atoms with Crippen molar-refractivity contribution in [2.45, 2.75) is 18.3 Å². The van der Waals surface area contributed by atoms with Crippen LogP contribution in [0.5, 0.6) is 0 Å². The summed E-state index contributed by atoms with van der Waals surface area (Å²) in [6.07, 6.45) is -0.547. The highest BCUT2D eigenvalue weighted by Gasteiger charge is 2.62. The van der Waals surface area contributed by atoms with E-state index in [1.54, 1.807) is 0 Å². The zero-order valence-electron chi connectivity index (χ0n) is 4.92. The SMILES string of the molecule is C#CC(F)(F)C(F)(F)C(F)F. The molecule has 6 heteroatoms. The van der Waals surface area contributed by atoms with Gasteiger partial charge >= 0.3 is 18.3 Å². The first-order valence-electron chi connectivity index (χ1n) is 2.27. The molecule has 0 nitrogen and oxygen atoms in total. The monoisotopic (exact) mass is 176 g/mol. The van der Waals surface area contributed by atoms with Crippen LogP contribution in [0.1, 0.15) is 0 Å². The van der Waals surface area contributed by atoms with E-state index in [0.29, 0.717) is 5.92 Å². The van der Waals surface area contributed by atoms with Gasteiger partial charge in [-0.05, 0) is 5.92 Å². The molecule has 11 heavy (non-hydrogen) atoms. The van der Waals surface area contributed by atoms with Gasteiger partial charge in [0.2, 0.25) is 0 Å². The Morgan fingerprint density at radius 1 is 1.09 bits per heavy atom.